The highest BCUT2D eigenvalue weighted by Gasteiger charge is 2.24. The Morgan fingerprint density at radius 1 is 1.56 bits per heavy atom. The number of carbonyl (C=O) groups excluding carboxylic acids is 1. The molecule has 0 bridgehead atoms. The molecule has 1 rings (SSSR count). The van der Waals surface area contributed by atoms with Crippen LogP contribution >= 0.6 is 0 Å². The van der Waals surface area contributed by atoms with Gasteiger partial charge in [-0.2, -0.15) is 0 Å². The summed E-state index contributed by atoms with van der Waals surface area (Å²) in [7, 11) is 0. The Kier molecular flexibility index (Phi) is 5.77. The van der Waals surface area contributed by atoms with Gasteiger partial charge in [0.1, 0.15) is 0 Å². The molecule has 0 spiro atoms. The standard InChI is InChI=1S/C12H24N2O2/c1-10(2)14-6-5-11(9-14)8-13-12(16)4-3-7-15/h10-11,15H,3-9H2,1-2H3,(H,13,16). The third-order valence-corrected chi connectivity index (χ3v) is 3.20. The van der Waals surface area contributed by atoms with Crippen LogP contribution in [-0.4, -0.2) is 48.2 Å². The predicted octanol–water partition coefficient (Wildman–Crippen LogP) is 0.605. The van der Waals surface area contributed by atoms with Crippen LogP contribution in [-0.2, 0) is 4.79 Å². The summed E-state index contributed by atoms with van der Waals surface area (Å²) in [4.78, 5) is 13.8. The fourth-order valence-electron chi connectivity index (χ4n) is 2.08. The van der Waals surface area contributed by atoms with Crippen molar-refractivity contribution < 1.29 is 9.90 Å². The lowest BCUT2D eigenvalue weighted by Crippen LogP contribution is -2.32. The Morgan fingerprint density at radius 2 is 2.31 bits per heavy atom. The molecular weight excluding hydrogens is 204 g/mol. The van der Waals surface area contributed by atoms with Crippen molar-refractivity contribution in [2.75, 3.05) is 26.2 Å². The van der Waals surface area contributed by atoms with Crippen molar-refractivity contribution in [2.45, 2.75) is 39.2 Å². The lowest BCUT2D eigenvalue weighted by atomic mass is 10.1. The second kappa shape index (κ2) is 6.86. The molecule has 4 nitrogen and oxygen atoms in total. The molecule has 1 unspecified atom stereocenters. The van der Waals surface area contributed by atoms with Gasteiger partial charge in [-0.15, -0.1) is 0 Å². The number of amides is 1. The van der Waals surface area contributed by atoms with E-state index in [0.717, 1.165) is 19.6 Å². The molecular formula is C12H24N2O2. The molecule has 94 valence electrons. The first-order valence-electron chi connectivity index (χ1n) is 6.25. The fourth-order valence-corrected chi connectivity index (χ4v) is 2.08. The van der Waals surface area contributed by atoms with Crippen LogP contribution in [0.2, 0.25) is 0 Å². The molecule has 1 fully saturated rings. The maximum atomic E-state index is 11.3. The monoisotopic (exact) mass is 228 g/mol. The zero-order valence-electron chi connectivity index (χ0n) is 10.4. The van der Waals surface area contributed by atoms with Crippen molar-refractivity contribution in [2.24, 2.45) is 5.92 Å². The van der Waals surface area contributed by atoms with Crippen molar-refractivity contribution in [1.82, 2.24) is 10.2 Å². The SMILES string of the molecule is CC(C)N1CCC(CNC(=O)CCCO)C1. The van der Waals surface area contributed by atoms with E-state index in [4.69, 9.17) is 5.11 Å². The Balaban J connectivity index is 2.12. The van der Waals surface area contributed by atoms with E-state index in [1.807, 2.05) is 0 Å². The van der Waals surface area contributed by atoms with Crippen LogP contribution in [0.1, 0.15) is 33.1 Å². The third kappa shape index (κ3) is 4.49. The highest BCUT2D eigenvalue weighted by atomic mass is 16.3. The molecule has 0 aromatic heterocycles. The number of hydrogen-bond donors (Lipinski definition) is 2. The van der Waals surface area contributed by atoms with E-state index in [9.17, 15) is 4.79 Å². The van der Waals surface area contributed by atoms with Crippen LogP contribution in [0.25, 0.3) is 0 Å². The van der Waals surface area contributed by atoms with E-state index in [2.05, 4.69) is 24.1 Å². The summed E-state index contributed by atoms with van der Waals surface area (Å²) in [5.41, 5.74) is 0. The van der Waals surface area contributed by atoms with Gasteiger partial charge in [-0.1, -0.05) is 0 Å². The zero-order chi connectivity index (χ0) is 12.0. The maximum absolute atomic E-state index is 11.3. The van der Waals surface area contributed by atoms with Crippen molar-refractivity contribution in [1.29, 1.82) is 0 Å². The number of likely N-dealkylation sites (tertiary alicyclic amines) is 1. The minimum absolute atomic E-state index is 0.0667. The average molecular weight is 228 g/mol. The molecule has 0 aromatic carbocycles. The van der Waals surface area contributed by atoms with Gasteiger partial charge < -0.3 is 15.3 Å². The number of rotatable bonds is 6. The first kappa shape index (κ1) is 13.5. The van der Waals surface area contributed by atoms with Gasteiger partial charge in [0, 0.05) is 32.2 Å². The maximum Gasteiger partial charge on any atom is 0.220 e. The minimum atomic E-state index is 0.0667. The zero-order valence-corrected chi connectivity index (χ0v) is 10.4. The molecule has 1 saturated heterocycles. The second-order valence-electron chi connectivity index (χ2n) is 4.87. The van der Waals surface area contributed by atoms with Gasteiger partial charge in [0.15, 0.2) is 0 Å². The van der Waals surface area contributed by atoms with E-state index < -0.39 is 0 Å². The molecule has 0 saturated carbocycles. The van der Waals surface area contributed by atoms with Gasteiger partial charge >= 0.3 is 0 Å². The molecule has 4 heteroatoms. The van der Waals surface area contributed by atoms with Crippen molar-refractivity contribution in [3.05, 3.63) is 0 Å². The summed E-state index contributed by atoms with van der Waals surface area (Å²) in [6, 6.07) is 0.607. The van der Waals surface area contributed by atoms with Crippen LogP contribution < -0.4 is 5.32 Å². The summed E-state index contributed by atoms with van der Waals surface area (Å²) < 4.78 is 0. The highest BCUT2D eigenvalue weighted by Crippen LogP contribution is 2.17. The molecule has 1 aliphatic rings. The van der Waals surface area contributed by atoms with E-state index in [-0.39, 0.29) is 12.5 Å². The number of aliphatic hydroxyl groups is 1. The smallest absolute Gasteiger partial charge is 0.220 e. The average Bonchev–Trinajstić information content (AvgIpc) is 2.72. The van der Waals surface area contributed by atoms with E-state index >= 15 is 0 Å². The number of aliphatic hydroxyl groups excluding tert-OH is 1. The van der Waals surface area contributed by atoms with Gasteiger partial charge in [0.2, 0.25) is 5.91 Å². The van der Waals surface area contributed by atoms with Crippen LogP contribution in [0.15, 0.2) is 0 Å². The Bertz CT molecular complexity index is 219. The van der Waals surface area contributed by atoms with E-state index in [0.29, 0.717) is 24.8 Å². The van der Waals surface area contributed by atoms with E-state index in [1.165, 1.54) is 6.42 Å². The molecule has 0 radical (unpaired) electrons. The Morgan fingerprint density at radius 3 is 2.88 bits per heavy atom. The molecule has 1 amide bonds. The van der Waals surface area contributed by atoms with Crippen LogP contribution in [0.3, 0.4) is 0 Å². The molecule has 1 aliphatic heterocycles. The molecule has 16 heavy (non-hydrogen) atoms. The van der Waals surface area contributed by atoms with Gasteiger partial charge in [-0.25, -0.2) is 0 Å². The quantitative estimate of drug-likeness (QED) is 0.700. The first-order chi connectivity index (χ1) is 7.63. The third-order valence-electron chi connectivity index (χ3n) is 3.20. The lowest BCUT2D eigenvalue weighted by molar-refractivity contribution is -0.121. The summed E-state index contributed by atoms with van der Waals surface area (Å²) in [6.07, 6.45) is 2.18. The van der Waals surface area contributed by atoms with Crippen molar-refractivity contribution in [3.8, 4) is 0 Å². The largest absolute Gasteiger partial charge is 0.396 e. The summed E-state index contributed by atoms with van der Waals surface area (Å²) in [5, 5.41) is 11.5. The molecule has 0 aliphatic carbocycles. The molecule has 1 heterocycles. The van der Waals surface area contributed by atoms with Crippen molar-refractivity contribution >= 4 is 5.91 Å². The topological polar surface area (TPSA) is 52.6 Å². The lowest BCUT2D eigenvalue weighted by Gasteiger charge is -2.20. The second-order valence-corrected chi connectivity index (χ2v) is 4.87. The summed E-state index contributed by atoms with van der Waals surface area (Å²) in [5.74, 6) is 0.664. The minimum Gasteiger partial charge on any atom is -0.396 e. The summed E-state index contributed by atoms with van der Waals surface area (Å²) in [6.45, 7) is 7.54. The van der Waals surface area contributed by atoms with Gasteiger partial charge in [-0.3, -0.25) is 4.79 Å². The van der Waals surface area contributed by atoms with E-state index in [1.54, 1.807) is 0 Å². The van der Waals surface area contributed by atoms with Crippen LogP contribution in [0.5, 0.6) is 0 Å². The first-order valence-corrected chi connectivity index (χ1v) is 6.25. The number of carbonyl (C=O) groups is 1. The van der Waals surface area contributed by atoms with Crippen molar-refractivity contribution in [3.63, 3.8) is 0 Å². The predicted molar refractivity (Wildman–Crippen MR) is 64.1 cm³/mol. The molecule has 2 N–H and O–H groups in total. The number of hydrogen-bond acceptors (Lipinski definition) is 3. The normalized spacial score (nSPS) is 21.6. The van der Waals surface area contributed by atoms with Gasteiger partial charge in [0.05, 0.1) is 0 Å². The molecule has 0 aromatic rings. The Hall–Kier alpha value is -0.610. The van der Waals surface area contributed by atoms with Gasteiger partial charge in [0.25, 0.3) is 0 Å². The Labute approximate surface area is 98.0 Å². The highest BCUT2D eigenvalue weighted by molar-refractivity contribution is 5.75. The van der Waals surface area contributed by atoms with Crippen LogP contribution in [0.4, 0.5) is 0 Å². The number of nitrogens with one attached hydrogen (secondary N) is 1. The molecule has 1 atom stereocenters. The van der Waals surface area contributed by atoms with Gasteiger partial charge in [-0.05, 0) is 39.2 Å². The fraction of sp³-hybridized carbons (Fsp3) is 0.917. The summed E-state index contributed by atoms with van der Waals surface area (Å²) >= 11 is 0. The van der Waals surface area contributed by atoms with Crippen LogP contribution in [0, 0.1) is 5.92 Å². The number of nitrogens with zero attached hydrogens (tertiary/aromatic N) is 1.